The van der Waals surface area contributed by atoms with Crippen molar-refractivity contribution in [3.8, 4) is 0 Å². The summed E-state index contributed by atoms with van der Waals surface area (Å²) in [7, 11) is 0. The fourth-order valence-corrected chi connectivity index (χ4v) is 4.07. The average Bonchev–Trinajstić information content (AvgIpc) is 3.27. The quantitative estimate of drug-likeness (QED) is 0.556. The van der Waals surface area contributed by atoms with Crippen LogP contribution in [0.2, 0.25) is 0 Å². The molecule has 1 atom stereocenters. The lowest BCUT2D eigenvalue weighted by Crippen LogP contribution is -2.53. The molecule has 1 unspecified atom stereocenters. The van der Waals surface area contributed by atoms with Crippen molar-refractivity contribution in [2.24, 2.45) is 0 Å². The standard InChI is InChI=1S/C23H23F7N2O/c1-21(32-9-2-3-10-32,16-5-4-6-19(24)14-16)20(33)31-8-7-15-11-17(22(25,26)27)13-18(12-15)23(28,29)30/h4-6,11-14H,2-3,7-10H2,1H3,(H,31,33). The van der Waals surface area contributed by atoms with E-state index < -0.39 is 40.7 Å². The molecule has 1 saturated heterocycles. The predicted molar refractivity (Wildman–Crippen MR) is 108 cm³/mol. The summed E-state index contributed by atoms with van der Waals surface area (Å²) in [5.74, 6) is -1.02. The second-order valence-electron chi connectivity index (χ2n) is 8.20. The molecular formula is C23H23F7N2O. The average molecular weight is 476 g/mol. The van der Waals surface area contributed by atoms with E-state index in [0.717, 1.165) is 12.8 Å². The highest BCUT2D eigenvalue weighted by atomic mass is 19.4. The van der Waals surface area contributed by atoms with Crippen LogP contribution in [0.1, 0.15) is 42.0 Å². The van der Waals surface area contributed by atoms with Crippen LogP contribution in [0.5, 0.6) is 0 Å². The van der Waals surface area contributed by atoms with Gasteiger partial charge in [0.25, 0.3) is 0 Å². The minimum Gasteiger partial charge on any atom is -0.354 e. The summed E-state index contributed by atoms with van der Waals surface area (Å²) >= 11 is 0. The molecule has 0 aromatic heterocycles. The third-order valence-corrected chi connectivity index (χ3v) is 5.91. The third kappa shape index (κ3) is 5.66. The van der Waals surface area contributed by atoms with Crippen LogP contribution in [0.25, 0.3) is 0 Å². The van der Waals surface area contributed by atoms with Crippen molar-refractivity contribution in [3.63, 3.8) is 0 Å². The van der Waals surface area contributed by atoms with Crippen LogP contribution in [0.15, 0.2) is 42.5 Å². The summed E-state index contributed by atoms with van der Waals surface area (Å²) in [6.45, 7) is 2.65. The number of rotatable bonds is 6. The number of carbonyl (C=O) groups excluding carboxylic acids is 1. The molecule has 1 aliphatic rings. The highest BCUT2D eigenvalue weighted by molar-refractivity contribution is 5.87. The molecule has 1 aliphatic heterocycles. The number of nitrogens with one attached hydrogen (secondary N) is 1. The first-order valence-corrected chi connectivity index (χ1v) is 10.4. The molecule has 1 fully saturated rings. The van der Waals surface area contributed by atoms with Crippen LogP contribution in [0.3, 0.4) is 0 Å². The number of halogens is 7. The Morgan fingerprint density at radius 3 is 2.00 bits per heavy atom. The number of carbonyl (C=O) groups is 1. The summed E-state index contributed by atoms with van der Waals surface area (Å²) in [6.07, 6.45) is -8.42. The highest BCUT2D eigenvalue weighted by Crippen LogP contribution is 2.36. The summed E-state index contributed by atoms with van der Waals surface area (Å²) < 4.78 is 92.2. The summed E-state index contributed by atoms with van der Waals surface area (Å²) in [4.78, 5) is 15.1. The van der Waals surface area contributed by atoms with Crippen molar-refractivity contribution >= 4 is 5.91 Å². The monoisotopic (exact) mass is 476 g/mol. The molecule has 2 aromatic rings. The van der Waals surface area contributed by atoms with Crippen molar-refractivity contribution < 1.29 is 35.5 Å². The molecule has 1 amide bonds. The molecular weight excluding hydrogens is 453 g/mol. The maximum absolute atomic E-state index is 13.9. The van der Waals surface area contributed by atoms with Gasteiger partial charge in [0.05, 0.1) is 11.1 Å². The van der Waals surface area contributed by atoms with E-state index in [1.165, 1.54) is 18.2 Å². The highest BCUT2D eigenvalue weighted by Gasteiger charge is 2.42. The molecule has 0 spiro atoms. The Labute approximate surface area is 186 Å². The van der Waals surface area contributed by atoms with Gasteiger partial charge in [0, 0.05) is 6.54 Å². The minimum atomic E-state index is -4.94. The van der Waals surface area contributed by atoms with Crippen molar-refractivity contribution in [1.82, 2.24) is 10.2 Å². The van der Waals surface area contributed by atoms with Crippen LogP contribution in [0.4, 0.5) is 30.7 Å². The van der Waals surface area contributed by atoms with E-state index in [4.69, 9.17) is 0 Å². The molecule has 0 bridgehead atoms. The molecule has 1 N–H and O–H groups in total. The fourth-order valence-electron chi connectivity index (χ4n) is 4.07. The van der Waals surface area contributed by atoms with Gasteiger partial charge in [0.15, 0.2) is 0 Å². The number of benzene rings is 2. The van der Waals surface area contributed by atoms with E-state index in [0.29, 0.717) is 30.8 Å². The van der Waals surface area contributed by atoms with Gasteiger partial charge in [0.1, 0.15) is 11.4 Å². The lowest BCUT2D eigenvalue weighted by atomic mass is 9.89. The number of alkyl halides is 6. The lowest BCUT2D eigenvalue weighted by molar-refractivity contribution is -0.143. The van der Waals surface area contributed by atoms with Gasteiger partial charge >= 0.3 is 12.4 Å². The number of likely N-dealkylation sites (tertiary alicyclic amines) is 1. The lowest BCUT2D eigenvalue weighted by Gasteiger charge is -2.38. The Hall–Kier alpha value is -2.62. The van der Waals surface area contributed by atoms with E-state index in [9.17, 15) is 35.5 Å². The molecule has 3 rings (SSSR count). The van der Waals surface area contributed by atoms with Gasteiger partial charge < -0.3 is 5.32 Å². The summed E-state index contributed by atoms with van der Waals surface area (Å²) in [5.41, 5.74) is -3.82. The van der Waals surface area contributed by atoms with E-state index in [-0.39, 0.29) is 24.6 Å². The molecule has 2 aromatic carbocycles. The largest absolute Gasteiger partial charge is 0.416 e. The fraction of sp³-hybridized carbons (Fsp3) is 0.435. The molecule has 0 saturated carbocycles. The van der Waals surface area contributed by atoms with E-state index in [1.54, 1.807) is 13.0 Å². The maximum Gasteiger partial charge on any atom is 0.416 e. The Morgan fingerprint density at radius 1 is 0.909 bits per heavy atom. The zero-order valence-corrected chi connectivity index (χ0v) is 17.8. The second kappa shape index (κ2) is 9.32. The van der Waals surface area contributed by atoms with Gasteiger partial charge in [-0.15, -0.1) is 0 Å². The summed E-state index contributed by atoms with van der Waals surface area (Å²) in [6, 6.07) is 6.95. The summed E-state index contributed by atoms with van der Waals surface area (Å²) in [5, 5.41) is 2.62. The van der Waals surface area contributed by atoms with Crippen molar-refractivity contribution in [2.75, 3.05) is 19.6 Å². The van der Waals surface area contributed by atoms with Gasteiger partial charge in [-0.05, 0) is 80.7 Å². The number of nitrogens with zero attached hydrogens (tertiary/aromatic N) is 1. The van der Waals surface area contributed by atoms with Gasteiger partial charge in [-0.3, -0.25) is 9.69 Å². The smallest absolute Gasteiger partial charge is 0.354 e. The Bertz CT molecular complexity index is 965. The van der Waals surface area contributed by atoms with Crippen molar-refractivity contribution in [2.45, 2.75) is 44.1 Å². The third-order valence-electron chi connectivity index (χ3n) is 5.91. The molecule has 0 aliphatic carbocycles. The van der Waals surface area contributed by atoms with Crippen LogP contribution >= 0.6 is 0 Å². The molecule has 1 heterocycles. The van der Waals surface area contributed by atoms with Gasteiger partial charge in [-0.1, -0.05) is 12.1 Å². The number of amides is 1. The molecule has 10 heteroatoms. The van der Waals surface area contributed by atoms with Gasteiger partial charge in [0.2, 0.25) is 5.91 Å². The first kappa shape index (κ1) is 25.0. The number of hydrogen-bond acceptors (Lipinski definition) is 2. The zero-order chi connectivity index (χ0) is 24.4. The molecule has 3 nitrogen and oxygen atoms in total. The maximum atomic E-state index is 13.9. The normalized spacial score (nSPS) is 17.1. The van der Waals surface area contributed by atoms with Crippen LogP contribution in [0, 0.1) is 5.82 Å². The first-order chi connectivity index (χ1) is 15.3. The Morgan fingerprint density at radius 2 is 1.48 bits per heavy atom. The Kier molecular flexibility index (Phi) is 7.07. The Balaban J connectivity index is 1.80. The topological polar surface area (TPSA) is 32.3 Å². The van der Waals surface area contributed by atoms with Crippen LogP contribution in [-0.2, 0) is 29.1 Å². The minimum absolute atomic E-state index is 0.0659. The SMILES string of the molecule is CC(C(=O)NCCc1cc(C(F)(F)F)cc(C(F)(F)F)c1)(c1cccc(F)c1)N1CCCC1. The second-order valence-corrected chi connectivity index (χ2v) is 8.20. The van der Waals surface area contributed by atoms with Crippen molar-refractivity contribution in [3.05, 3.63) is 70.5 Å². The van der Waals surface area contributed by atoms with Crippen molar-refractivity contribution in [1.29, 1.82) is 0 Å². The molecule has 0 radical (unpaired) electrons. The van der Waals surface area contributed by atoms with Crippen LogP contribution < -0.4 is 5.32 Å². The zero-order valence-electron chi connectivity index (χ0n) is 17.8. The molecule has 33 heavy (non-hydrogen) atoms. The number of hydrogen-bond donors (Lipinski definition) is 1. The van der Waals surface area contributed by atoms with Gasteiger partial charge in [-0.25, -0.2) is 4.39 Å². The van der Waals surface area contributed by atoms with E-state index in [1.807, 2.05) is 4.90 Å². The first-order valence-electron chi connectivity index (χ1n) is 10.4. The molecule has 180 valence electrons. The van der Waals surface area contributed by atoms with E-state index >= 15 is 0 Å². The van der Waals surface area contributed by atoms with Gasteiger partial charge in [-0.2, -0.15) is 26.3 Å². The van der Waals surface area contributed by atoms with Crippen LogP contribution in [-0.4, -0.2) is 30.4 Å². The van der Waals surface area contributed by atoms with E-state index in [2.05, 4.69) is 5.32 Å². The predicted octanol–water partition coefficient (Wildman–Crippen LogP) is 5.53.